The molecular weight excluding hydrogens is 378 g/mol. The van der Waals surface area contributed by atoms with E-state index in [1.165, 1.54) is 0 Å². The van der Waals surface area contributed by atoms with Crippen molar-refractivity contribution in [3.05, 3.63) is 41.7 Å². The van der Waals surface area contributed by atoms with Crippen molar-refractivity contribution >= 4 is 21.6 Å². The molecule has 3 heterocycles. The van der Waals surface area contributed by atoms with Crippen LogP contribution in [0.5, 0.6) is 0 Å². The normalized spacial score (nSPS) is 24.4. The minimum Gasteiger partial charge on any atom is -0.368 e. The summed E-state index contributed by atoms with van der Waals surface area (Å²) in [4.78, 5) is 14.8. The summed E-state index contributed by atoms with van der Waals surface area (Å²) in [7, 11) is -3.52. The summed E-state index contributed by atoms with van der Waals surface area (Å²) < 4.78 is 27.8. The highest BCUT2D eigenvalue weighted by Crippen LogP contribution is 2.39. The number of aromatic nitrogens is 2. The predicted octanol–water partition coefficient (Wildman–Crippen LogP) is 1.87. The van der Waals surface area contributed by atoms with Crippen LogP contribution >= 0.6 is 0 Å². The van der Waals surface area contributed by atoms with Crippen LogP contribution in [-0.2, 0) is 10.0 Å². The number of sulfonamides is 1. The second-order valence-electron chi connectivity index (χ2n) is 7.85. The van der Waals surface area contributed by atoms with Crippen molar-refractivity contribution < 1.29 is 13.2 Å². The number of hydrogen-bond acceptors (Lipinski definition) is 5. The molecule has 0 bridgehead atoms. The highest BCUT2D eigenvalue weighted by atomic mass is 32.2. The first-order chi connectivity index (χ1) is 13.5. The van der Waals surface area contributed by atoms with E-state index in [2.05, 4.69) is 20.2 Å². The first kappa shape index (κ1) is 17.7. The van der Waals surface area contributed by atoms with Crippen molar-refractivity contribution in [2.24, 2.45) is 5.92 Å². The molecule has 1 amide bonds. The minimum absolute atomic E-state index is 0.0517. The summed E-state index contributed by atoms with van der Waals surface area (Å²) in [6, 6.07) is 8.80. The van der Waals surface area contributed by atoms with Gasteiger partial charge in [-0.1, -0.05) is 12.1 Å². The lowest BCUT2D eigenvalue weighted by molar-refractivity contribution is 0.0673. The topological polar surface area (TPSA) is 107 Å². The van der Waals surface area contributed by atoms with Crippen LogP contribution in [0, 0.1) is 5.92 Å². The number of H-pyrrole nitrogens is 1. The van der Waals surface area contributed by atoms with E-state index >= 15 is 0 Å². The maximum absolute atomic E-state index is 12.7. The van der Waals surface area contributed by atoms with Crippen molar-refractivity contribution in [1.82, 2.24) is 19.8 Å². The Morgan fingerprint density at radius 1 is 1.11 bits per heavy atom. The monoisotopic (exact) mass is 401 g/mol. The van der Waals surface area contributed by atoms with Crippen LogP contribution in [0.3, 0.4) is 0 Å². The third-order valence-corrected chi connectivity index (χ3v) is 7.40. The Morgan fingerprint density at radius 3 is 2.61 bits per heavy atom. The van der Waals surface area contributed by atoms with Crippen molar-refractivity contribution in [2.75, 3.05) is 18.4 Å². The van der Waals surface area contributed by atoms with Gasteiger partial charge in [0.25, 0.3) is 5.91 Å². The third kappa shape index (κ3) is 3.18. The van der Waals surface area contributed by atoms with Crippen molar-refractivity contribution in [1.29, 1.82) is 0 Å². The van der Waals surface area contributed by atoms with Gasteiger partial charge in [-0.2, -0.15) is 9.82 Å². The first-order valence-electron chi connectivity index (χ1n) is 9.74. The van der Waals surface area contributed by atoms with Gasteiger partial charge in [-0.3, -0.25) is 9.89 Å². The SMILES string of the molecule is O=C(c1cc(C2CC2)[nH]n1)N1CCC(C2Nc3ccccc3S(=O)(=O)N2)CC1. The molecule has 0 radical (unpaired) electrons. The molecule has 8 nitrogen and oxygen atoms in total. The smallest absolute Gasteiger partial charge is 0.274 e. The molecule has 2 fully saturated rings. The van der Waals surface area contributed by atoms with Crippen LogP contribution in [0.4, 0.5) is 5.69 Å². The molecule has 5 rings (SSSR count). The lowest BCUT2D eigenvalue weighted by atomic mass is 9.93. The number of carbonyl (C=O) groups excluding carboxylic acids is 1. The Hall–Kier alpha value is -2.39. The number of fused-ring (bicyclic) bond motifs is 1. The number of likely N-dealkylation sites (tertiary alicyclic amines) is 1. The van der Waals surface area contributed by atoms with Gasteiger partial charge >= 0.3 is 0 Å². The number of piperidine rings is 1. The Kier molecular flexibility index (Phi) is 4.17. The molecular formula is C19H23N5O3S. The molecule has 1 unspecified atom stereocenters. The van der Waals surface area contributed by atoms with Crippen LogP contribution in [0.25, 0.3) is 0 Å². The Morgan fingerprint density at radius 2 is 1.86 bits per heavy atom. The fourth-order valence-electron chi connectivity index (χ4n) is 4.11. The summed E-state index contributed by atoms with van der Waals surface area (Å²) in [5, 5.41) is 10.5. The Labute approximate surface area is 163 Å². The number of amides is 1. The quantitative estimate of drug-likeness (QED) is 0.728. The molecule has 2 aliphatic heterocycles. The number of benzene rings is 1. The van der Waals surface area contributed by atoms with E-state index in [0.29, 0.717) is 30.4 Å². The van der Waals surface area contributed by atoms with Crippen LogP contribution in [0.1, 0.15) is 47.8 Å². The van der Waals surface area contributed by atoms with Crippen LogP contribution < -0.4 is 10.0 Å². The number of para-hydroxylation sites is 1. The largest absolute Gasteiger partial charge is 0.368 e. The summed E-state index contributed by atoms with van der Waals surface area (Å²) >= 11 is 0. The summed E-state index contributed by atoms with van der Waals surface area (Å²) in [5.41, 5.74) is 2.16. The fourth-order valence-corrected chi connectivity index (χ4v) is 5.50. The first-order valence-corrected chi connectivity index (χ1v) is 11.2. The van der Waals surface area contributed by atoms with E-state index in [4.69, 9.17) is 0 Å². The molecule has 1 saturated heterocycles. The van der Waals surface area contributed by atoms with Crippen LogP contribution in [0.15, 0.2) is 35.2 Å². The second-order valence-corrected chi connectivity index (χ2v) is 9.53. The van der Waals surface area contributed by atoms with Gasteiger partial charge in [0.2, 0.25) is 10.0 Å². The second kappa shape index (κ2) is 6.59. The number of hydrogen-bond donors (Lipinski definition) is 3. The number of anilines is 1. The van der Waals surface area contributed by atoms with Crippen LogP contribution in [0.2, 0.25) is 0 Å². The Bertz CT molecular complexity index is 1010. The molecule has 3 aliphatic rings. The molecule has 0 spiro atoms. The standard InChI is InChI=1S/C19H23N5O3S/c25-19(16-11-15(21-22-16)12-5-6-12)24-9-7-13(8-10-24)18-20-14-3-1-2-4-17(14)28(26,27)23-18/h1-4,11-13,18,20,23H,5-10H2,(H,21,22). The van der Waals surface area contributed by atoms with Gasteiger partial charge in [-0.05, 0) is 49.8 Å². The Balaban J connectivity index is 1.24. The van der Waals surface area contributed by atoms with Gasteiger partial charge in [0.1, 0.15) is 10.6 Å². The van der Waals surface area contributed by atoms with Crippen molar-refractivity contribution in [3.63, 3.8) is 0 Å². The summed E-state index contributed by atoms with van der Waals surface area (Å²) in [6.45, 7) is 1.19. The maximum atomic E-state index is 12.7. The number of aromatic amines is 1. The van der Waals surface area contributed by atoms with Gasteiger partial charge in [-0.15, -0.1) is 0 Å². The molecule has 9 heteroatoms. The van der Waals surface area contributed by atoms with Crippen LogP contribution in [-0.4, -0.2) is 48.7 Å². The zero-order valence-corrected chi connectivity index (χ0v) is 16.2. The molecule has 148 valence electrons. The highest BCUT2D eigenvalue weighted by Gasteiger charge is 2.36. The lowest BCUT2D eigenvalue weighted by Crippen LogP contribution is -2.52. The van der Waals surface area contributed by atoms with Gasteiger partial charge < -0.3 is 10.2 Å². The molecule has 1 aromatic heterocycles. The molecule has 2 aromatic rings. The minimum atomic E-state index is -3.52. The van der Waals surface area contributed by atoms with Crippen molar-refractivity contribution in [3.8, 4) is 0 Å². The van der Waals surface area contributed by atoms with Gasteiger partial charge in [0.05, 0.1) is 11.9 Å². The third-order valence-electron chi connectivity index (χ3n) is 5.90. The lowest BCUT2D eigenvalue weighted by Gasteiger charge is -2.38. The number of rotatable bonds is 3. The highest BCUT2D eigenvalue weighted by molar-refractivity contribution is 7.89. The molecule has 3 N–H and O–H groups in total. The molecule has 28 heavy (non-hydrogen) atoms. The van der Waals surface area contributed by atoms with Gasteiger partial charge in [-0.25, -0.2) is 8.42 Å². The zero-order valence-electron chi connectivity index (χ0n) is 15.4. The number of carbonyl (C=O) groups is 1. The summed E-state index contributed by atoms with van der Waals surface area (Å²) in [6.07, 6.45) is 3.43. The van der Waals surface area contributed by atoms with Crippen molar-refractivity contribution in [2.45, 2.75) is 42.7 Å². The maximum Gasteiger partial charge on any atom is 0.274 e. The number of nitrogens with zero attached hydrogens (tertiary/aromatic N) is 2. The molecule has 1 atom stereocenters. The molecule has 1 aromatic carbocycles. The fraction of sp³-hybridized carbons (Fsp3) is 0.474. The summed E-state index contributed by atoms with van der Waals surface area (Å²) in [5.74, 6) is 0.602. The number of nitrogens with one attached hydrogen (secondary N) is 3. The predicted molar refractivity (Wildman–Crippen MR) is 103 cm³/mol. The average Bonchev–Trinajstić information content (AvgIpc) is 3.44. The van der Waals surface area contributed by atoms with E-state index in [1.54, 1.807) is 18.2 Å². The van der Waals surface area contributed by atoms with E-state index < -0.39 is 10.0 Å². The zero-order chi connectivity index (χ0) is 19.3. The van der Waals surface area contributed by atoms with Gasteiger partial charge in [0, 0.05) is 24.7 Å². The molecule has 1 aliphatic carbocycles. The van der Waals surface area contributed by atoms with Gasteiger partial charge in [0.15, 0.2) is 0 Å². The van der Waals surface area contributed by atoms with E-state index in [-0.39, 0.29) is 22.9 Å². The molecule has 1 saturated carbocycles. The van der Waals surface area contributed by atoms with E-state index in [0.717, 1.165) is 31.4 Å². The average molecular weight is 401 g/mol. The van der Waals surface area contributed by atoms with E-state index in [1.807, 2.05) is 17.0 Å². The van der Waals surface area contributed by atoms with E-state index in [9.17, 15) is 13.2 Å².